The summed E-state index contributed by atoms with van der Waals surface area (Å²) in [5, 5.41) is 0.903. The third-order valence-electron chi connectivity index (χ3n) is 4.74. The first kappa shape index (κ1) is 20.4. The van der Waals surface area contributed by atoms with Crippen LogP contribution in [0.25, 0.3) is 6.08 Å². The highest BCUT2D eigenvalue weighted by Gasteiger charge is 2.29. The van der Waals surface area contributed by atoms with Gasteiger partial charge in [-0.2, -0.15) is 0 Å². The zero-order chi connectivity index (χ0) is 20.3. The lowest BCUT2D eigenvalue weighted by Gasteiger charge is -2.30. The average molecular weight is 422 g/mol. The van der Waals surface area contributed by atoms with E-state index in [1.165, 1.54) is 14.2 Å². The highest BCUT2D eigenvalue weighted by molar-refractivity contribution is 6.37. The summed E-state index contributed by atoms with van der Waals surface area (Å²) < 4.78 is 16.0. The van der Waals surface area contributed by atoms with E-state index >= 15 is 0 Å². The number of nitrogens with zero attached hydrogens (tertiary/aromatic N) is 1. The molecule has 5 nitrogen and oxygen atoms in total. The van der Waals surface area contributed by atoms with Crippen LogP contribution < -0.4 is 14.2 Å². The highest BCUT2D eigenvalue weighted by Crippen LogP contribution is 2.47. The fourth-order valence-electron chi connectivity index (χ4n) is 3.30. The molecule has 2 aromatic carbocycles. The molecule has 0 aliphatic carbocycles. The van der Waals surface area contributed by atoms with Crippen molar-refractivity contribution in [3.8, 4) is 17.2 Å². The molecule has 148 valence electrons. The van der Waals surface area contributed by atoms with Crippen LogP contribution in [0.15, 0.2) is 30.3 Å². The van der Waals surface area contributed by atoms with Gasteiger partial charge in [0.25, 0.3) is 0 Å². The van der Waals surface area contributed by atoms with Crippen LogP contribution in [-0.2, 0) is 17.8 Å². The summed E-state index contributed by atoms with van der Waals surface area (Å²) in [6.07, 6.45) is 3.88. The number of ether oxygens (including phenoxy) is 3. The largest absolute Gasteiger partial charge is 0.496 e. The van der Waals surface area contributed by atoms with Crippen LogP contribution in [-0.4, -0.2) is 38.7 Å². The molecule has 0 fully saturated rings. The van der Waals surface area contributed by atoms with Crippen LogP contribution in [0.5, 0.6) is 17.2 Å². The Bertz CT molecular complexity index is 927. The first-order valence-corrected chi connectivity index (χ1v) is 9.48. The van der Waals surface area contributed by atoms with Crippen LogP contribution >= 0.6 is 23.2 Å². The van der Waals surface area contributed by atoms with E-state index in [0.717, 1.165) is 16.7 Å². The van der Waals surface area contributed by atoms with Crippen molar-refractivity contribution in [2.24, 2.45) is 0 Å². The van der Waals surface area contributed by atoms with Crippen molar-refractivity contribution in [3.05, 3.63) is 57.1 Å². The fraction of sp³-hybridized carbons (Fsp3) is 0.286. The van der Waals surface area contributed by atoms with E-state index in [1.807, 2.05) is 24.3 Å². The van der Waals surface area contributed by atoms with E-state index < -0.39 is 0 Å². The molecule has 0 aromatic heterocycles. The van der Waals surface area contributed by atoms with Crippen molar-refractivity contribution >= 4 is 35.2 Å². The molecule has 0 N–H and O–H groups in total. The maximum Gasteiger partial charge on any atom is 0.246 e. The molecule has 0 saturated carbocycles. The minimum atomic E-state index is -0.112. The molecule has 0 atom stereocenters. The van der Waals surface area contributed by atoms with E-state index in [-0.39, 0.29) is 5.91 Å². The predicted octanol–water partition coefficient (Wildman–Crippen LogP) is 4.62. The number of halogens is 2. The Morgan fingerprint density at radius 2 is 1.64 bits per heavy atom. The summed E-state index contributed by atoms with van der Waals surface area (Å²) in [6.45, 7) is 0.886. The van der Waals surface area contributed by atoms with Gasteiger partial charge in [-0.15, -0.1) is 0 Å². The van der Waals surface area contributed by atoms with Crippen LogP contribution in [0.3, 0.4) is 0 Å². The van der Waals surface area contributed by atoms with Gasteiger partial charge in [-0.25, -0.2) is 0 Å². The Hall–Kier alpha value is -2.37. The zero-order valence-electron chi connectivity index (χ0n) is 15.9. The van der Waals surface area contributed by atoms with Gasteiger partial charge >= 0.3 is 0 Å². The van der Waals surface area contributed by atoms with Gasteiger partial charge in [0, 0.05) is 24.7 Å². The molecule has 0 spiro atoms. The van der Waals surface area contributed by atoms with Crippen LogP contribution in [0.1, 0.15) is 16.7 Å². The van der Waals surface area contributed by atoms with Crippen molar-refractivity contribution in [1.29, 1.82) is 0 Å². The molecule has 28 heavy (non-hydrogen) atoms. The Morgan fingerprint density at radius 1 is 1.00 bits per heavy atom. The van der Waals surface area contributed by atoms with Gasteiger partial charge in [-0.3, -0.25) is 4.79 Å². The minimum absolute atomic E-state index is 0.112. The second-order valence-electron chi connectivity index (χ2n) is 6.24. The number of fused-ring (bicyclic) bond motifs is 1. The molecular weight excluding hydrogens is 401 g/mol. The SMILES string of the molecule is COc1ccccc1/C=C\C(=O)N1CCc2c(Cl)c(OC)c(OC)c(Cl)c2C1. The quantitative estimate of drug-likeness (QED) is 0.660. The molecule has 1 aliphatic rings. The van der Waals surface area contributed by atoms with Gasteiger partial charge in [0.15, 0.2) is 11.5 Å². The molecule has 2 aromatic rings. The average Bonchev–Trinajstić information content (AvgIpc) is 2.74. The molecule has 1 aliphatic heterocycles. The number of hydrogen-bond donors (Lipinski definition) is 0. The number of carbonyl (C=O) groups excluding carboxylic acids is 1. The van der Waals surface area contributed by atoms with Gasteiger partial charge < -0.3 is 19.1 Å². The van der Waals surface area contributed by atoms with Gasteiger partial charge in [0.1, 0.15) is 5.75 Å². The minimum Gasteiger partial charge on any atom is -0.496 e. The molecule has 0 unspecified atom stereocenters. The smallest absolute Gasteiger partial charge is 0.246 e. The summed E-state index contributed by atoms with van der Waals surface area (Å²) in [5.74, 6) is 1.40. The maximum atomic E-state index is 12.7. The number of amides is 1. The first-order chi connectivity index (χ1) is 13.5. The Balaban J connectivity index is 1.86. The molecular formula is C21H21Cl2NO4. The third-order valence-corrected chi connectivity index (χ3v) is 5.54. The molecule has 0 bridgehead atoms. The van der Waals surface area contributed by atoms with Crippen molar-refractivity contribution in [3.63, 3.8) is 0 Å². The lowest BCUT2D eigenvalue weighted by molar-refractivity contribution is -0.126. The van der Waals surface area contributed by atoms with Crippen molar-refractivity contribution in [2.45, 2.75) is 13.0 Å². The predicted molar refractivity (Wildman–Crippen MR) is 111 cm³/mol. The third kappa shape index (κ3) is 3.77. The van der Waals surface area contributed by atoms with E-state index in [4.69, 9.17) is 37.4 Å². The van der Waals surface area contributed by atoms with E-state index in [2.05, 4.69) is 0 Å². The van der Waals surface area contributed by atoms with E-state index in [1.54, 1.807) is 24.2 Å². The Kier molecular flexibility index (Phi) is 6.37. The summed E-state index contributed by atoms with van der Waals surface area (Å²) in [5.41, 5.74) is 2.51. The molecule has 0 saturated heterocycles. The van der Waals surface area contributed by atoms with E-state index in [9.17, 15) is 4.79 Å². The summed E-state index contributed by atoms with van der Waals surface area (Å²) in [7, 11) is 4.63. The number of para-hydroxylation sites is 1. The van der Waals surface area contributed by atoms with Crippen molar-refractivity contribution in [1.82, 2.24) is 4.90 Å². The van der Waals surface area contributed by atoms with Gasteiger partial charge in [-0.05, 0) is 29.7 Å². The summed E-state index contributed by atoms with van der Waals surface area (Å²) >= 11 is 13.0. The Labute approximate surface area is 174 Å². The zero-order valence-corrected chi connectivity index (χ0v) is 17.4. The van der Waals surface area contributed by atoms with Gasteiger partial charge in [0.2, 0.25) is 5.91 Å². The number of benzene rings is 2. The summed E-state index contributed by atoms with van der Waals surface area (Å²) in [6, 6.07) is 7.52. The standard InChI is InChI=1S/C21H21Cl2NO4/c1-26-16-7-5-4-6-13(16)8-9-17(25)24-11-10-14-15(12-24)19(23)21(28-3)20(27-2)18(14)22/h4-9H,10-12H2,1-3H3/b9-8-. The van der Waals surface area contributed by atoms with Crippen molar-refractivity contribution < 1.29 is 19.0 Å². The first-order valence-electron chi connectivity index (χ1n) is 8.72. The van der Waals surface area contributed by atoms with Crippen LogP contribution in [0.2, 0.25) is 10.0 Å². The number of rotatable bonds is 5. The normalized spacial score (nSPS) is 13.4. The molecule has 0 radical (unpaired) electrons. The lowest BCUT2D eigenvalue weighted by atomic mass is 9.98. The highest BCUT2D eigenvalue weighted by atomic mass is 35.5. The monoisotopic (exact) mass is 421 g/mol. The Morgan fingerprint density at radius 3 is 2.29 bits per heavy atom. The number of hydrogen-bond acceptors (Lipinski definition) is 4. The molecule has 1 heterocycles. The van der Waals surface area contributed by atoms with Gasteiger partial charge in [-0.1, -0.05) is 41.4 Å². The maximum absolute atomic E-state index is 12.7. The van der Waals surface area contributed by atoms with Crippen LogP contribution in [0, 0.1) is 0 Å². The van der Waals surface area contributed by atoms with Gasteiger partial charge in [0.05, 0.1) is 31.4 Å². The van der Waals surface area contributed by atoms with Crippen LogP contribution in [0.4, 0.5) is 0 Å². The molecule has 3 rings (SSSR count). The second-order valence-corrected chi connectivity index (χ2v) is 6.99. The van der Waals surface area contributed by atoms with E-state index in [0.29, 0.717) is 46.8 Å². The number of carbonyl (C=O) groups is 1. The molecule has 7 heteroatoms. The lowest BCUT2D eigenvalue weighted by Crippen LogP contribution is -2.35. The summed E-state index contributed by atoms with van der Waals surface area (Å²) in [4.78, 5) is 14.4. The second kappa shape index (κ2) is 8.76. The fourth-order valence-corrected chi connectivity index (χ4v) is 4.01. The van der Waals surface area contributed by atoms with Crippen molar-refractivity contribution in [2.75, 3.05) is 27.9 Å². The topological polar surface area (TPSA) is 48.0 Å². The number of methoxy groups -OCH3 is 3. The molecule has 1 amide bonds.